The average Bonchev–Trinajstić information content (AvgIpc) is 2.95. The topological polar surface area (TPSA) is 75.7 Å². The summed E-state index contributed by atoms with van der Waals surface area (Å²) in [6.07, 6.45) is 0.792. The molecule has 0 unspecified atom stereocenters. The highest BCUT2D eigenvalue weighted by Gasteiger charge is 2.30. The van der Waals surface area contributed by atoms with E-state index in [0.717, 1.165) is 17.7 Å². The molecule has 1 heterocycles. The number of amides is 2. The third kappa shape index (κ3) is 3.74. The number of carbonyl (C=O) groups is 3. The van der Waals surface area contributed by atoms with E-state index >= 15 is 0 Å². The molecule has 6 nitrogen and oxygen atoms in total. The van der Waals surface area contributed by atoms with Gasteiger partial charge in [-0.25, -0.2) is 4.79 Å². The second kappa shape index (κ2) is 7.39. The summed E-state index contributed by atoms with van der Waals surface area (Å²) in [5, 5.41) is 2.62. The molecule has 0 fully saturated rings. The van der Waals surface area contributed by atoms with E-state index in [9.17, 15) is 14.4 Å². The number of nitrogens with one attached hydrogen (secondary N) is 1. The van der Waals surface area contributed by atoms with Gasteiger partial charge in [0.15, 0.2) is 6.61 Å². The number of benzene rings is 2. The van der Waals surface area contributed by atoms with Crippen molar-refractivity contribution >= 4 is 29.2 Å². The van der Waals surface area contributed by atoms with Crippen molar-refractivity contribution in [1.82, 2.24) is 0 Å². The summed E-state index contributed by atoms with van der Waals surface area (Å²) in [7, 11) is 0. The Morgan fingerprint density at radius 3 is 2.50 bits per heavy atom. The highest BCUT2D eigenvalue weighted by Crippen LogP contribution is 2.31. The van der Waals surface area contributed by atoms with Gasteiger partial charge in [-0.2, -0.15) is 0 Å². The first-order valence-electron chi connectivity index (χ1n) is 8.40. The summed E-state index contributed by atoms with van der Waals surface area (Å²) < 4.78 is 5.17. The molecule has 1 N–H and O–H groups in total. The van der Waals surface area contributed by atoms with Gasteiger partial charge in [0.2, 0.25) is 5.91 Å². The molecule has 0 saturated heterocycles. The van der Waals surface area contributed by atoms with Crippen molar-refractivity contribution in [2.45, 2.75) is 26.3 Å². The number of carbonyl (C=O) groups excluding carboxylic acids is 3. The maximum Gasteiger partial charge on any atom is 0.338 e. The highest BCUT2D eigenvalue weighted by atomic mass is 16.5. The van der Waals surface area contributed by atoms with Crippen LogP contribution in [0.3, 0.4) is 0 Å². The monoisotopic (exact) mass is 352 g/mol. The van der Waals surface area contributed by atoms with Gasteiger partial charge in [0, 0.05) is 24.3 Å². The summed E-state index contributed by atoms with van der Waals surface area (Å²) in [6, 6.07) is 14.1. The molecular formula is C20H20N2O4. The molecule has 6 heteroatoms. The fourth-order valence-electron chi connectivity index (χ4n) is 3.12. The highest BCUT2D eigenvalue weighted by molar-refractivity contribution is 5.99. The number of ether oxygens (including phenoxy) is 1. The van der Waals surface area contributed by atoms with Crippen molar-refractivity contribution < 1.29 is 19.1 Å². The van der Waals surface area contributed by atoms with Crippen molar-refractivity contribution in [2.75, 3.05) is 16.8 Å². The minimum Gasteiger partial charge on any atom is -0.452 e. The van der Waals surface area contributed by atoms with Gasteiger partial charge in [-0.3, -0.25) is 9.59 Å². The molecule has 0 spiro atoms. The van der Waals surface area contributed by atoms with Crippen LogP contribution in [0.4, 0.5) is 11.4 Å². The van der Waals surface area contributed by atoms with Crippen molar-refractivity contribution in [1.29, 1.82) is 0 Å². The normalized spacial score (nSPS) is 15.3. The lowest BCUT2D eigenvalue weighted by atomic mass is 10.1. The van der Waals surface area contributed by atoms with Crippen LogP contribution < -0.4 is 10.2 Å². The smallest absolute Gasteiger partial charge is 0.338 e. The molecule has 0 aliphatic carbocycles. The number of hydrogen-bond donors (Lipinski definition) is 1. The minimum atomic E-state index is -0.576. The van der Waals surface area contributed by atoms with Crippen molar-refractivity contribution in [3.8, 4) is 0 Å². The number of rotatable bonds is 4. The van der Waals surface area contributed by atoms with E-state index in [4.69, 9.17) is 4.74 Å². The molecule has 0 radical (unpaired) electrons. The first-order chi connectivity index (χ1) is 12.5. The first-order valence-corrected chi connectivity index (χ1v) is 8.40. The number of para-hydroxylation sites is 1. The summed E-state index contributed by atoms with van der Waals surface area (Å²) in [5.41, 5.74) is 2.91. The molecule has 2 aromatic carbocycles. The zero-order valence-electron chi connectivity index (χ0n) is 14.7. The van der Waals surface area contributed by atoms with E-state index in [1.807, 2.05) is 31.2 Å². The number of hydrogen-bond acceptors (Lipinski definition) is 4. The second-order valence-corrected chi connectivity index (χ2v) is 6.28. The van der Waals surface area contributed by atoms with Crippen LogP contribution in [0.2, 0.25) is 0 Å². The van der Waals surface area contributed by atoms with E-state index in [1.54, 1.807) is 29.2 Å². The molecule has 134 valence electrons. The van der Waals surface area contributed by atoms with Crippen molar-refractivity contribution in [3.05, 3.63) is 59.7 Å². The maximum absolute atomic E-state index is 12.5. The Hall–Kier alpha value is -3.15. The lowest BCUT2D eigenvalue weighted by Gasteiger charge is -2.22. The molecule has 3 rings (SSSR count). The van der Waals surface area contributed by atoms with Crippen LogP contribution in [-0.2, 0) is 20.7 Å². The van der Waals surface area contributed by atoms with Gasteiger partial charge in [-0.05, 0) is 49.2 Å². The lowest BCUT2D eigenvalue weighted by molar-refractivity contribution is -0.122. The van der Waals surface area contributed by atoms with Gasteiger partial charge in [0.05, 0.1) is 5.56 Å². The zero-order valence-corrected chi connectivity index (χ0v) is 14.7. The van der Waals surface area contributed by atoms with E-state index in [1.165, 1.54) is 6.92 Å². The predicted octanol–water partition coefficient (Wildman–Crippen LogP) is 2.78. The van der Waals surface area contributed by atoms with Crippen LogP contribution >= 0.6 is 0 Å². The Labute approximate surface area is 151 Å². The number of anilines is 2. The summed E-state index contributed by atoms with van der Waals surface area (Å²) in [5.74, 6) is -1.01. The average molecular weight is 352 g/mol. The Morgan fingerprint density at radius 1 is 1.12 bits per heavy atom. The maximum atomic E-state index is 12.5. The first kappa shape index (κ1) is 17.7. The fourth-order valence-corrected chi connectivity index (χ4v) is 3.12. The third-order valence-corrected chi connectivity index (χ3v) is 4.24. The van der Waals surface area contributed by atoms with Gasteiger partial charge in [0.25, 0.3) is 5.91 Å². The van der Waals surface area contributed by atoms with Gasteiger partial charge in [-0.15, -0.1) is 0 Å². The molecule has 1 aliphatic heterocycles. The van der Waals surface area contributed by atoms with Crippen LogP contribution in [0.25, 0.3) is 0 Å². The van der Waals surface area contributed by atoms with Crippen LogP contribution in [0.5, 0.6) is 0 Å². The van der Waals surface area contributed by atoms with Gasteiger partial charge in [0.1, 0.15) is 0 Å². The van der Waals surface area contributed by atoms with E-state index in [2.05, 4.69) is 5.32 Å². The predicted molar refractivity (Wildman–Crippen MR) is 98.1 cm³/mol. The Bertz CT molecular complexity index is 845. The van der Waals surface area contributed by atoms with Gasteiger partial charge < -0.3 is 15.0 Å². The van der Waals surface area contributed by atoms with Crippen molar-refractivity contribution in [2.24, 2.45) is 0 Å². The molecular weight excluding hydrogens is 332 g/mol. The summed E-state index contributed by atoms with van der Waals surface area (Å²) in [6.45, 7) is 3.07. The molecule has 0 saturated carbocycles. The van der Waals surface area contributed by atoms with Crippen LogP contribution in [-0.4, -0.2) is 30.4 Å². The zero-order chi connectivity index (χ0) is 18.7. The van der Waals surface area contributed by atoms with Crippen LogP contribution in [0, 0.1) is 0 Å². The SMILES string of the molecule is CC(=O)Nc1ccc(C(=O)OCC(=O)N2c3ccccc3C[C@H]2C)cc1. The Morgan fingerprint density at radius 2 is 1.81 bits per heavy atom. The molecule has 0 bridgehead atoms. The van der Waals surface area contributed by atoms with Crippen LogP contribution in [0.1, 0.15) is 29.8 Å². The quantitative estimate of drug-likeness (QED) is 0.859. The fraction of sp³-hybridized carbons (Fsp3) is 0.250. The molecule has 2 amide bonds. The molecule has 26 heavy (non-hydrogen) atoms. The minimum absolute atomic E-state index is 0.0375. The molecule has 1 aliphatic rings. The lowest BCUT2D eigenvalue weighted by Crippen LogP contribution is -2.38. The third-order valence-electron chi connectivity index (χ3n) is 4.24. The summed E-state index contributed by atoms with van der Waals surface area (Å²) >= 11 is 0. The number of nitrogens with zero attached hydrogens (tertiary/aromatic N) is 1. The summed E-state index contributed by atoms with van der Waals surface area (Å²) in [4.78, 5) is 37.4. The van der Waals surface area contributed by atoms with Crippen molar-refractivity contribution in [3.63, 3.8) is 0 Å². The van der Waals surface area contributed by atoms with Gasteiger partial charge >= 0.3 is 5.97 Å². The molecule has 1 atom stereocenters. The second-order valence-electron chi connectivity index (χ2n) is 6.28. The Balaban J connectivity index is 1.61. The van der Waals surface area contributed by atoms with E-state index in [0.29, 0.717) is 11.3 Å². The molecule has 0 aromatic heterocycles. The van der Waals surface area contributed by atoms with Gasteiger partial charge in [-0.1, -0.05) is 18.2 Å². The van der Waals surface area contributed by atoms with E-state index in [-0.39, 0.29) is 24.5 Å². The van der Waals surface area contributed by atoms with Crippen LogP contribution in [0.15, 0.2) is 48.5 Å². The molecule has 2 aromatic rings. The number of esters is 1. The Kier molecular flexibility index (Phi) is 5.02. The largest absolute Gasteiger partial charge is 0.452 e. The van der Waals surface area contributed by atoms with E-state index < -0.39 is 5.97 Å². The number of fused-ring (bicyclic) bond motifs is 1. The standard InChI is InChI=1S/C20H20N2O4/c1-13-11-16-5-3-4-6-18(16)22(13)19(24)12-26-20(25)15-7-9-17(10-8-15)21-14(2)23/h3-10,13H,11-12H2,1-2H3,(H,21,23)/t13-/m1/s1.